The van der Waals surface area contributed by atoms with Crippen LogP contribution in [0.3, 0.4) is 0 Å². The van der Waals surface area contributed by atoms with E-state index in [1.165, 1.54) is 23.9 Å². The minimum atomic E-state index is -1.48. The lowest BCUT2D eigenvalue weighted by Crippen LogP contribution is -2.57. The van der Waals surface area contributed by atoms with Crippen LogP contribution in [0, 0.1) is 0 Å². The Balaban J connectivity index is 1.76. The summed E-state index contributed by atoms with van der Waals surface area (Å²) in [5.41, 5.74) is -0.0879. The van der Waals surface area contributed by atoms with Gasteiger partial charge in [-0.25, -0.2) is 4.79 Å². The van der Waals surface area contributed by atoms with Gasteiger partial charge in [-0.2, -0.15) is 0 Å². The van der Waals surface area contributed by atoms with Crippen molar-refractivity contribution in [2.75, 3.05) is 6.61 Å². The van der Waals surface area contributed by atoms with Crippen LogP contribution < -0.4 is 5.32 Å². The quantitative estimate of drug-likeness (QED) is 0.303. The van der Waals surface area contributed by atoms with E-state index in [2.05, 4.69) is 5.32 Å². The zero-order chi connectivity index (χ0) is 24.8. The van der Waals surface area contributed by atoms with Gasteiger partial charge in [-0.05, 0) is 31.0 Å². The molecule has 0 saturated carbocycles. The summed E-state index contributed by atoms with van der Waals surface area (Å²) < 4.78 is 5.66. The second-order valence-corrected chi connectivity index (χ2v) is 9.50. The molecule has 0 spiro atoms. The predicted octanol–water partition coefficient (Wildman–Crippen LogP) is 1.17. The number of carbonyl (C=O) groups excluding carboxylic acids is 1. The number of amides is 1. The smallest absolute Gasteiger partial charge is 0.336 e. The number of aliphatic hydroxyl groups excluding tert-OH is 4. The van der Waals surface area contributed by atoms with Gasteiger partial charge < -0.3 is 35.6 Å². The monoisotopic (exact) mass is 491 g/mol. The van der Waals surface area contributed by atoms with Crippen molar-refractivity contribution in [3.05, 3.63) is 71.3 Å². The zero-order valence-electron chi connectivity index (χ0n) is 18.5. The Morgan fingerprint density at radius 1 is 0.971 bits per heavy atom. The molecule has 2 aromatic rings. The van der Waals surface area contributed by atoms with Gasteiger partial charge in [-0.3, -0.25) is 4.79 Å². The van der Waals surface area contributed by atoms with Gasteiger partial charge in [0, 0.05) is 11.3 Å². The number of rotatable bonds is 9. The molecule has 1 heterocycles. The lowest BCUT2D eigenvalue weighted by molar-refractivity contribution is -0.205. The third-order valence-electron chi connectivity index (χ3n) is 5.67. The minimum absolute atomic E-state index is 0.0553. The van der Waals surface area contributed by atoms with Gasteiger partial charge in [-0.1, -0.05) is 42.5 Å². The van der Waals surface area contributed by atoms with Crippen molar-refractivity contribution < 1.29 is 39.9 Å². The Morgan fingerprint density at radius 2 is 1.59 bits per heavy atom. The summed E-state index contributed by atoms with van der Waals surface area (Å²) in [6, 6.07) is 14.9. The number of benzene rings is 2. The number of aromatic carboxylic acids is 1. The summed E-state index contributed by atoms with van der Waals surface area (Å²) in [7, 11) is 0. The topological polar surface area (TPSA) is 157 Å². The molecule has 0 aromatic heterocycles. The number of thioether (sulfide) groups is 1. The molecule has 1 fully saturated rings. The molecule has 0 radical (unpaired) electrons. The number of hydrogen-bond acceptors (Lipinski definition) is 8. The Labute approximate surface area is 201 Å². The molecule has 184 valence electrons. The van der Waals surface area contributed by atoms with Crippen LogP contribution in [-0.2, 0) is 4.74 Å². The summed E-state index contributed by atoms with van der Waals surface area (Å²) in [5.74, 6) is -1.71. The number of nitrogens with one attached hydrogen (secondary N) is 1. The van der Waals surface area contributed by atoms with Gasteiger partial charge in [0.05, 0.1) is 17.7 Å². The van der Waals surface area contributed by atoms with E-state index in [0.29, 0.717) is 6.42 Å². The fourth-order valence-corrected chi connectivity index (χ4v) is 5.40. The van der Waals surface area contributed by atoms with Gasteiger partial charge in [0.1, 0.15) is 29.9 Å². The summed E-state index contributed by atoms with van der Waals surface area (Å²) in [6.07, 6.45) is -4.94. The van der Waals surface area contributed by atoms with Gasteiger partial charge >= 0.3 is 5.97 Å². The van der Waals surface area contributed by atoms with Crippen molar-refractivity contribution in [3.8, 4) is 0 Å². The van der Waals surface area contributed by atoms with Crippen LogP contribution >= 0.6 is 11.8 Å². The van der Waals surface area contributed by atoms with Gasteiger partial charge in [-0.15, -0.1) is 11.8 Å². The Kier molecular flexibility index (Phi) is 9.06. The van der Waals surface area contributed by atoms with Gasteiger partial charge in [0.25, 0.3) is 5.91 Å². The normalized spacial score (nSPS) is 26.4. The molecule has 1 saturated heterocycles. The maximum atomic E-state index is 12.8. The van der Waals surface area contributed by atoms with Crippen LogP contribution in [0.5, 0.6) is 0 Å². The average molecular weight is 492 g/mol. The number of aliphatic hydroxyl groups is 4. The van der Waals surface area contributed by atoms with E-state index in [1.54, 1.807) is 19.1 Å². The molecule has 2 unspecified atom stereocenters. The molecule has 34 heavy (non-hydrogen) atoms. The number of carbonyl (C=O) groups is 2. The van der Waals surface area contributed by atoms with E-state index in [-0.39, 0.29) is 16.4 Å². The fraction of sp³-hybridized carbons (Fsp3) is 0.417. The molecule has 3 rings (SSSR count). The van der Waals surface area contributed by atoms with Crippen molar-refractivity contribution in [1.82, 2.24) is 5.32 Å². The van der Waals surface area contributed by atoms with E-state index in [4.69, 9.17) is 4.74 Å². The van der Waals surface area contributed by atoms with Crippen LogP contribution in [0.1, 0.15) is 44.9 Å². The Morgan fingerprint density at radius 3 is 2.21 bits per heavy atom. The third-order valence-corrected chi connectivity index (χ3v) is 7.12. The van der Waals surface area contributed by atoms with Crippen molar-refractivity contribution in [2.45, 2.75) is 54.5 Å². The maximum Gasteiger partial charge on any atom is 0.336 e. The SMILES string of the molecule is CC(CC(S[C@@H]1O[C@H](CO)[C@H](O)[C@H](O)[C@H]1O)c1ccccc1)NC(=O)c1ccccc1C(=O)O. The predicted molar refractivity (Wildman–Crippen MR) is 125 cm³/mol. The standard InChI is InChI=1S/C24H29NO8S/c1-13(25-22(30)15-9-5-6-10-16(15)23(31)32)11-18(14-7-3-2-4-8-14)34-24-21(29)20(28)19(27)17(12-26)33-24/h2-10,13,17-21,24,26-29H,11-12H2,1H3,(H,25,30)(H,31,32)/t13?,17-,18?,19+,20+,21-,24+/m1/s1. The van der Waals surface area contributed by atoms with Crippen LogP contribution in [0.15, 0.2) is 54.6 Å². The molecule has 1 amide bonds. The molecule has 1 aliphatic rings. The number of ether oxygens (including phenoxy) is 1. The second kappa shape index (κ2) is 11.8. The van der Waals surface area contributed by atoms with Crippen molar-refractivity contribution in [2.24, 2.45) is 0 Å². The van der Waals surface area contributed by atoms with Crippen molar-refractivity contribution in [1.29, 1.82) is 0 Å². The average Bonchev–Trinajstić information content (AvgIpc) is 2.84. The van der Waals surface area contributed by atoms with Gasteiger partial charge in [0.15, 0.2) is 0 Å². The highest BCUT2D eigenvalue weighted by atomic mass is 32.2. The first-order valence-corrected chi connectivity index (χ1v) is 11.8. The molecular formula is C24H29NO8S. The zero-order valence-corrected chi connectivity index (χ0v) is 19.3. The number of hydrogen-bond donors (Lipinski definition) is 6. The van der Waals surface area contributed by atoms with E-state index in [9.17, 15) is 35.1 Å². The molecule has 9 nitrogen and oxygen atoms in total. The highest BCUT2D eigenvalue weighted by molar-refractivity contribution is 8.00. The number of carboxylic acid groups (broad SMARTS) is 1. The van der Waals surface area contributed by atoms with Crippen molar-refractivity contribution in [3.63, 3.8) is 0 Å². The van der Waals surface area contributed by atoms with E-state index < -0.39 is 54.4 Å². The Bertz CT molecular complexity index is 972. The third kappa shape index (κ3) is 6.15. The molecule has 2 aromatic carbocycles. The second-order valence-electron chi connectivity index (χ2n) is 8.19. The summed E-state index contributed by atoms with van der Waals surface area (Å²) >= 11 is 1.21. The maximum absolute atomic E-state index is 12.8. The first kappa shape index (κ1) is 26.1. The highest BCUT2D eigenvalue weighted by Gasteiger charge is 2.44. The minimum Gasteiger partial charge on any atom is -0.478 e. The van der Waals surface area contributed by atoms with E-state index >= 15 is 0 Å². The Hall–Kier alpha value is -2.47. The van der Waals surface area contributed by atoms with Gasteiger partial charge in [0.2, 0.25) is 0 Å². The number of carboxylic acids is 1. The lowest BCUT2D eigenvalue weighted by atomic mass is 10.0. The van der Waals surface area contributed by atoms with Crippen LogP contribution in [-0.4, -0.2) is 79.9 Å². The molecule has 0 bridgehead atoms. The first-order valence-electron chi connectivity index (χ1n) is 10.9. The lowest BCUT2D eigenvalue weighted by Gasteiger charge is -2.41. The van der Waals surface area contributed by atoms with Crippen LogP contribution in [0.25, 0.3) is 0 Å². The van der Waals surface area contributed by atoms with Crippen LogP contribution in [0.4, 0.5) is 0 Å². The molecular weight excluding hydrogens is 462 g/mol. The van der Waals surface area contributed by atoms with E-state index in [0.717, 1.165) is 5.56 Å². The van der Waals surface area contributed by atoms with Crippen molar-refractivity contribution >= 4 is 23.6 Å². The molecule has 7 atom stereocenters. The van der Waals surface area contributed by atoms with E-state index in [1.807, 2.05) is 30.3 Å². The first-order chi connectivity index (χ1) is 16.2. The molecule has 0 aliphatic carbocycles. The summed E-state index contributed by atoms with van der Waals surface area (Å²) in [4.78, 5) is 24.2. The summed E-state index contributed by atoms with van der Waals surface area (Å²) in [6.45, 7) is 1.26. The molecule has 1 aliphatic heterocycles. The fourth-order valence-electron chi connectivity index (χ4n) is 3.83. The largest absolute Gasteiger partial charge is 0.478 e. The summed E-state index contributed by atoms with van der Waals surface area (Å²) in [5, 5.41) is 52.0. The van der Waals surface area contributed by atoms with Crippen LogP contribution in [0.2, 0.25) is 0 Å². The molecule has 10 heteroatoms. The highest BCUT2D eigenvalue weighted by Crippen LogP contribution is 2.40. The molecule has 6 N–H and O–H groups in total.